The third-order valence-corrected chi connectivity index (χ3v) is 13.4. The van der Waals surface area contributed by atoms with Gasteiger partial charge in [-0.3, -0.25) is 0 Å². The molecule has 0 radical (unpaired) electrons. The molecule has 1 aliphatic heterocycles. The third-order valence-electron chi connectivity index (χ3n) is 13.4. The Morgan fingerprint density at radius 2 is 1.32 bits per heavy atom. The van der Waals surface area contributed by atoms with E-state index in [1.165, 1.54) is 78.9 Å². The molecule has 2 aliphatic rings. The second kappa shape index (κ2) is 22.4. The van der Waals surface area contributed by atoms with Crippen molar-refractivity contribution in [3.63, 3.8) is 0 Å². The zero-order valence-electron chi connectivity index (χ0n) is 41.4. The van der Waals surface area contributed by atoms with Crippen LogP contribution in [0, 0.1) is 12.3 Å². The Morgan fingerprint density at radius 3 is 2.04 bits per heavy atom. The van der Waals surface area contributed by atoms with Gasteiger partial charge in [0.1, 0.15) is 12.4 Å². The zero-order chi connectivity index (χ0) is 49.9. The van der Waals surface area contributed by atoms with Gasteiger partial charge in [0.05, 0.1) is 16.4 Å². The summed E-state index contributed by atoms with van der Waals surface area (Å²) < 4.78 is 8.31. The van der Waals surface area contributed by atoms with Gasteiger partial charge in [0, 0.05) is 27.7 Å². The van der Waals surface area contributed by atoms with Crippen LogP contribution in [0.1, 0.15) is 71.2 Å². The molecule has 4 nitrogen and oxygen atoms in total. The van der Waals surface area contributed by atoms with Crippen molar-refractivity contribution in [3.05, 3.63) is 300 Å². The number of benzene rings is 8. The number of aromatic nitrogens is 1. The first-order valence-corrected chi connectivity index (χ1v) is 24.8. The minimum Gasteiger partial charge on any atom is -0.489 e. The number of aryl methyl sites for hydroxylation is 1. The lowest BCUT2D eigenvalue weighted by Crippen LogP contribution is -2.28. The Balaban J connectivity index is 0.000000172. The second-order valence-electron chi connectivity index (χ2n) is 18.2. The van der Waals surface area contributed by atoms with Gasteiger partial charge >= 0.3 is 0 Å². The van der Waals surface area contributed by atoms with Crippen LogP contribution in [0.15, 0.2) is 256 Å². The monoisotopic (exact) mass is 935 g/mol. The molecule has 0 saturated heterocycles. The Kier molecular flexibility index (Phi) is 15.0. The Hall–Kier alpha value is -8.73. The minimum absolute atomic E-state index is 0.447. The van der Waals surface area contributed by atoms with Gasteiger partial charge in [0.15, 0.2) is 0 Å². The van der Waals surface area contributed by atoms with Crippen LogP contribution in [0.4, 0.5) is 0 Å². The summed E-state index contributed by atoms with van der Waals surface area (Å²) in [6, 6.07) is 69.3. The fourth-order valence-corrected chi connectivity index (χ4v) is 10.0. The predicted octanol–water partition coefficient (Wildman–Crippen LogP) is 16.9. The molecule has 8 aromatic carbocycles. The van der Waals surface area contributed by atoms with Crippen molar-refractivity contribution in [2.45, 2.75) is 39.0 Å². The van der Waals surface area contributed by atoms with Gasteiger partial charge in [0.2, 0.25) is 0 Å². The van der Waals surface area contributed by atoms with Crippen LogP contribution >= 0.6 is 0 Å². The van der Waals surface area contributed by atoms with Gasteiger partial charge in [-0.1, -0.05) is 214 Å². The third kappa shape index (κ3) is 9.86. The van der Waals surface area contributed by atoms with E-state index < -0.39 is 5.41 Å². The maximum atomic E-state index is 8.29. The summed E-state index contributed by atoms with van der Waals surface area (Å²) in [5.74, 6) is 0.898. The quantitative estimate of drug-likeness (QED) is 0.112. The first kappa shape index (κ1) is 48.3. The maximum Gasteiger partial charge on any atom is 0.127 e. The summed E-state index contributed by atoms with van der Waals surface area (Å²) >= 11 is 0. The average molecular weight is 936 g/mol. The highest BCUT2D eigenvalue weighted by atomic mass is 16.5. The van der Waals surface area contributed by atoms with Crippen molar-refractivity contribution in [1.29, 1.82) is 5.41 Å². The van der Waals surface area contributed by atoms with Crippen LogP contribution in [-0.4, -0.2) is 16.9 Å². The van der Waals surface area contributed by atoms with Crippen LogP contribution in [-0.2, 0) is 5.41 Å². The molecule has 4 heteroatoms. The van der Waals surface area contributed by atoms with Gasteiger partial charge in [-0.05, 0) is 136 Å². The highest BCUT2D eigenvalue weighted by Crippen LogP contribution is 2.57. The van der Waals surface area contributed by atoms with Gasteiger partial charge < -0.3 is 20.4 Å². The van der Waals surface area contributed by atoms with E-state index in [0.717, 1.165) is 40.1 Å². The number of nitrogens with zero attached hydrogens (tertiary/aromatic N) is 1. The molecule has 0 bridgehead atoms. The summed E-state index contributed by atoms with van der Waals surface area (Å²) in [4.78, 5) is 0. The molecule has 0 amide bonds. The first-order chi connectivity index (χ1) is 35.3. The molecule has 11 rings (SSSR count). The molecule has 2 heterocycles. The first-order valence-electron chi connectivity index (χ1n) is 24.8. The molecule has 354 valence electrons. The SMILES string of the molecule is C=C1/C=C\C(c2ccccc2)=C/COc2cc(C)ccc21.CC(=N)c1cccc(-n2c3ccccc3c3cc4c(cc32)C(c2ccccc2)(c2ccccc2)c2ccccc2-4)c1.CCC/C=C/C=C\C=C/N. The van der Waals surface area contributed by atoms with Gasteiger partial charge in [0.25, 0.3) is 0 Å². The van der Waals surface area contributed by atoms with E-state index in [1.54, 1.807) is 6.08 Å². The number of ether oxygens (including phenoxy) is 1. The molecule has 3 N–H and O–H groups in total. The molecule has 0 fully saturated rings. The lowest BCUT2D eigenvalue weighted by Gasteiger charge is -2.34. The number of fused-ring (bicyclic) bond motifs is 7. The standard InChI is InChI=1S/C39H28N2.C20H18O.C9H15N/c1-26(40)27-13-12-18-30(23-27)41-37-22-11-9-20-32(37)34-24-33-31-19-8-10-21-35(31)39(36(33)25-38(34)41,28-14-4-2-5-15-28)29-16-6-3-7-17-29;1-15-8-11-19-16(2)9-10-18(12-13-21-20(19)14-15)17-6-4-3-5-7-17;1-2-3-4-5-6-7-8-9-10/h2-25,40H,1H3;3-12,14H,2,13H2,1H3;4-9H,2-3,10H2,1H3/b;10-9-,18-12+;5-4+,7-6-,9-8-. The van der Waals surface area contributed by atoms with E-state index >= 15 is 0 Å². The van der Waals surface area contributed by atoms with Crippen molar-refractivity contribution >= 4 is 38.7 Å². The van der Waals surface area contributed by atoms with Crippen molar-refractivity contribution in [3.8, 4) is 22.6 Å². The summed E-state index contributed by atoms with van der Waals surface area (Å²) in [5, 5.41) is 10.8. The molecule has 72 heavy (non-hydrogen) atoms. The molecule has 1 aliphatic carbocycles. The molecule has 0 unspecified atom stereocenters. The van der Waals surface area contributed by atoms with Crippen LogP contribution in [0.3, 0.4) is 0 Å². The normalized spacial score (nSPS) is 14.7. The fraction of sp³-hybridized carbons (Fsp3) is 0.103. The maximum absolute atomic E-state index is 8.29. The highest BCUT2D eigenvalue weighted by Gasteiger charge is 2.46. The number of hydrogen-bond donors (Lipinski definition) is 2. The van der Waals surface area contributed by atoms with Gasteiger partial charge in [-0.2, -0.15) is 0 Å². The van der Waals surface area contributed by atoms with Crippen LogP contribution < -0.4 is 10.5 Å². The zero-order valence-corrected chi connectivity index (χ0v) is 41.4. The lowest BCUT2D eigenvalue weighted by atomic mass is 9.67. The van der Waals surface area contributed by atoms with E-state index in [4.69, 9.17) is 15.9 Å². The Morgan fingerprint density at radius 1 is 0.639 bits per heavy atom. The largest absolute Gasteiger partial charge is 0.489 e. The summed E-state index contributed by atoms with van der Waals surface area (Å²) in [7, 11) is 0. The number of hydrogen-bond acceptors (Lipinski definition) is 3. The van der Waals surface area contributed by atoms with Crippen molar-refractivity contribution < 1.29 is 4.74 Å². The number of unbranched alkanes of at least 4 members (excludes halogenated alkanes) is 1. The van der Waals surface area contributed by atoms with Crippen molar-refractivity contribution in [2.24, 2.45) is 5.73 Å². The van der Waals surface area contributed by atoms with Crippen molar-refractivity contribution in [2.75, 3.05) is 6.61 Å². The van der Waals surface area contributed by atoms with Gasteiger partial charge in [-0.25, -0.2) is 0 Å². The predicted molar refractivity (Wildman–Crippen MR) is 306 cm³/mol. The molecule has 0 atom stereocenters. The molecule has 9 aromatic rings. The molecular weight excluding hydrogens is 875 g/mol. The summed E-state index contributed by atoms with van der Waals surface area (Å²) in [5.41, 5.74) is 22.9. The fourth-order valence-electron chi connectivity index (χ4n) is 10.0. The Bertz CT molecular complexity index is 3490. The molecular formula is C68H61N3O. The smallest absolute Gasteiger partial charge is 0.127 e. The van der Waals surface area contributed by atoms with Crippen LogP contribution in [0.25, 0.3) is 49.8 Å². The van der Waals surface area contributed by atoms with Crippen molar-refractivity contribution in [1.82, 2.24) is 4.57 Å². The van der Waals surface area contributed by atoms with Gasteiger partial charge in [-0.15, -0.1) is 0 Å². The average Bonchev–Trinajstić information content (AvgIpc) is 3.93. The Labute approximate surface area is 425 Å². The molecule has 0 spiro atoms. The minimum atomic E-state index is -0.447. The van der Waals surface area contributed by atoms with E-state index in [1.807, 2.05) is 49.4 Å². The topological polar surface area (TPSA) is 64.0 Å². The van der Waals surface area contributed by atoms with E-state index in [9.17, 15) is 0 Å². The lowest BCUT2D eigenvalue weighted by molar-refractivity contribution is 0.362. The molecule has 1 aromatic heterocycles. The van der Waals surface area contributed by atoms with E-state index in [2.05, 4.69) is 219 Å². The van der Waals surface area contributed by atoms with E-state index in [-0.39, 0.29) is 0 Å². The second-order valence-corrected chi connectivity index (χ2v) is 18.2. The van der Waals surface area contributed by atoms with E-state index in [0.29, 0.717) is 12.3 Å². The number of rotatable bonds is 9. The van der Waals surface area contributed by atoms with Crippen LogP contribution in [0.2, 0.25) is 0 Å². The number of allylic oxidation sites excluding steroid dienone is 9. The summed E-state index contributed by atoms with van der Waals surface area (Å²) in [6.07, 6.45) is 20.0. The number of nitrogens with two attached hydrogens (primary N) is 1. The molecule has 0 saturated carbocycles. The van der Waals surface area contributed by atoms with Crippen LogP contribution in [0.5, 0.6) is 5.75 Å². The number of nitrogens with one attached hydrogen (secondary N) is 1. The number of para-hydroxylation sites is 1. The highest BCUT2D eigenvalue weighted by molar-refractivity contribution is 6.12. The summed E-state index contributed by atoms with van der Waals surface area (Å²) in [6.45, 7) is 10.8.